The molecule has 26 heavy (non-hydrogen) atoms. The fourth-order valence-electron chi connectivity index (χ4n) is 3.67. The Morgan fingerprint density at radius 1 is 1.42 bits per heavy atom. The maximum Gasteiger partial charge on any atom is 0.325 e. The van der Waals surface area contributed by atoms with Crippen LogP contribution in [0.2, 0.25) is 0 Å². The minimum atomic E-state index is -1.01. The zero-order valence-corrected chi connectivity index (χ0v) is 15.2. The van der Waals surface area contributed by atoms with Gasteiger partial charge in [0.1, 0.15) is 17.8 Å². The lowest BCUT2D eigenvalue weighted by atomic mass is 9.80. The summed E-state index contributed by atoms with van der Waals surface area (Å²) in [5.74, 6) is -0.00499. The van der Waals surface area contributed by atoms with Crippen LogP contribution in [0, 0.1) is 0 Å². The number of urea groups is 1. The normalized spacial score (nSPS) is 21.8. The van der Waals surface area contributed by atoms with Crippen molar-refractivity contribution in [3.8, 4) is 0 Å². The monoisotopic (exact) mass is 373 g/mol. The second-order valence-corrected chi connectivity index (χ2v) is 7.67. The molecule has 2 aliphatic rings. The molecule has 1 N–H and O–H groups in total. The van der Waals surface area contributed by atoms with Gasteiger partial charge in [0, 0.05) is 17.5 Å². The number of fused-ring (bicyclic) bond motifs is 2. The predicted molar refractivity (Wildman–Crippen MR) is 94.4 cm³/mol. The first-order valence-corrected chi connectivity index (χ1v) is 9.36. The Balaban J connectivity index is 1.51. The number of amides is 4. The van der Waals surface area contributed by atoms with E-state index in [0.717, 1.165) is 28.2 Å². The smallest absolute Gasteiger partial charge is 0.325 e. The zero-order chi connectivity index (χ0) is 18.3. The van der Waals surface area contributed by atoms with Crippen molar-refractivity contribution < 1.29 is 18.8 Å². The number of nitrogens with zero attached hydrogens (tertiary/aromatic N) is 2. The van der Waals surface area contributed by atoms with Crippen LogP contribution in [0.1, 0.15) is 29.0 Å². The van der Waals surface area contributed by atoms with E-state index in [-0.39, 0.29) is 24.9 Å². The number of hydrogen-bond acceptors (Lipinski definition) is 5. The highest BCUT2D eigenvalue weighted by molar-refractivity contribution is 7.10. The maximum atomic E-state index is 13.1. The third-order valence-corrected chi connectivity index (χ3v) is 6.01. The van der Waals surface area contributed by atoms with E-state index in [1.54, 1.807) is 30.5 Å². The largest absolute Gasteiger partial charge is 0.467 e. The summed E-state index contributed by atoms with van der Waals surface area (Å²) in [6, 6.07) is 4.92. The van der Waals surface area contributed by atoms with Gasteiger partial charge in [-0.2, -0.15) is 0 Å². The third-order valence-electron chi connectivity index (χ3n) is 5.03. The molecule has 1 fully saturated rings. The number of carbonyl (C=O) groups is 3. The highest BCUT2D eigenvalue weighted by Crippen LogP contribution is 2.42. The molecule has 2 aromatic heterocycles. The molecule has 136 valence electrons. The van der Waals surface area contributed by atoms with Gasteiger partial charge in [-0.15, -0.1) is 11.3 Å². The van der Waals surface area contributed by atoms with Crippen molar-refractivity contribution in [3.05, 3.63) is 46.0 Å². The number of furan rings is 1. The van der Waals surface area contributed by atoms with Crippen LogP contribution in [0.15, 0.2) is 34.3 Å². The first-order valence-electron chi connectivity index (χ1n) is 8.48. The standard InChI is InChI=1S/C18H19N3O4S/c1-20(10-12-4-3-8-25-12)15(22)11-21-16(23)18(19-17(21)24)7-2-5-14-13(18)6-9-26-14/h3-4,6,8-9H,2,5,7,10-11H2,1H3,(H,19,24)/t18-/m0/s1. The minimum Gasteiger partial charge on any atom is -0.467 e. The number of imide groups is 1. The summed E-state index contributed by atoms with van der Waals surface area (Å²) in [4.78, 5) is 41.7. The van der Waals surface area contributed by atoms with Gasteiger partial charge >= 0.3 is 6.03 Å². The molecular formula is C18H19N3O4S. The molecule has 1 spiro atoms. The first-order chi connectivity index (χ1) is 12.5. The summed E-state index contributed by atoms with van der Waals surface area (Å²) in [6.07, 6.45) is 3.85. The van der Waals surface area contributed by atoms with E-state index >= 15 is 0 Å². The molecule has 0 radical (unpaired) electrons. The molecule has 0 bridgehead atoms. The van der Waals surface area contributed by atoms with E-state index in [1.807, 2.05) is 11.4 Å². The van der Waals surface area contributed by atoms with Gasteiger partial charge in [-0.05, 0) is 42.8 Å². The van der Waals surface area contributed by atoms with Gasteiger partial charge in [0.15, 0.2) is 0 Å². The fraction of sp³-hybridized carbons (Fsp3) is 0.389. The van der Waals surface area contributed by atoms with Crippen LogP contribution in [0.3, 0.4) is 0 Å². The average Bonchev–Trinajstić information content (AvgIpc) is 3.33. The maximum absolute atomic E-state index is 13.1. The highest BCUT2D eigenvalue weighted by Gasteiger charge is 2.54. The number of aryl methyl sites for hydroxylation is 1. The summed E-state index contributed by atoms with van der Waals surface area (Å²) < 4.78 is 5.23. The number of likely N-dealkylation sites (N-methyl/N-ethyl adjacent to an activating group) is 1. The van der Waals surface area contributed by atoms with Crippen molar-refractivity contribution in [2.24, 2.45) is 0 Å². The Morgan fingerprint density at radius 2 is 2.27 bits per heavy atom. The summed E-state index contributed by atoms with van der Waals surface area (Å²) in [7, 11) is 1.62. The molecular weight excluding hydrogens is 354 g/mol. The highest BCUT2D eigenvalue weighted by atomic mass is 32.1. The van der Waals surface area contributed by atoms with Crippen molar-refractivity contribution in [3.63, 3.8) is 0 Å². The average molecular weight is 373 g/mol. The van der Waals surface area contributed by atoms with Gasteiger partial charge < -0.3 is 14.6 Å². The molecule has 4 amide bonds. The molecule has 4 rings (SSSR count). The fourth-order valence-corrected chi connectivity index (χ4v) is 4.67. The molecule has 2 aromatic rings. The molecule has 0 saturated carbocycles. The Morgan fingerprint density at radius 3 is 3.04 bits per heavy atom. The quantitative estimate of drug-likeness (QED) is 0.832. The van der Waals surface area contributed by atoms with Crippen LogP contribution in [-0.4, -0.2) is 41.2 Å². The third kappa shape index (κ3) is 2.61. The van der Waals surface area contributed by atoms with Crippen molar-refractivity contribution in [2.45, 2.75) is 31.3 Å². The van der Waals surface area contributed by atoms with Crippen LogP contribution < -0.4 is 5.32 Å². The van der Waals surface area contributed by atoms with Gasteiger partial charge in [0.25, 0.3) is 5.91 Å². The molecule has 1 atom stereocenters. The topological polar surface area (TPSA) is 82.9 Å². The number of thiophene rings is 1. The Bertz CT molecular complexity index is 860. The van der Waals surface area contributed by atoms with Gasteiger partial charge in [-0.3, -0.25) is 14.5 Å². The van der Waals surface area contributed by atoms with Crippen LogP contribution in [-0.2, 0) is 28.1 Å². The van der Waals surface area contributed by atoms with Crippen LogP contribution in [0.25, 0.3) is 0 Å². The molecule has 1 aliphatic carbocycles. The minimum absolute atomic E-state index is 0.275. The molecule has 7 nitrogen and oxygen atoms in total. The Labute approximate surface area is 154 Å². The number of nitrogens with one attached hydrogen (secondary N) is 1. The summed E-state index contributed by atoms with van der Waals surface area (Å²) >= 11 is 1.60. The summed E-state index contributed by atoms with van der Waals surface area (Å²) in [5, 5.41) is 4.80. The van der Waals surface area contributed by atoms with Crippen molar-refractivity contribution in [2.75, 3.05) is 13.6 Å². The second kappa shape index (κ2) is 6.28. The van der Waals surface area contributed by atoms with Crippen LogP contribution in [0.5, 0.6) is 0 Å². The lowest BCUT2D eigenvalue weighted by molar-refractivity contribution is -0.139. The Hall–Kier alpha value is -2.61. The zero-order valence-electron chi connectivity index (χ0n) is 14.4. The lowest BCUT2D eigenvalue weighted by Gasteiger charge is -2.31. The van der Waals surface area contributed by atoms with E-state index in [2.05, 4.69) is 5.32 Å². The van der Waals surface area contributed by atoms with E-state index in [0.29, 0.717) is 12.2 Å². The van der Waals surface area contributed by atoms with E-state index < -0.39 is 11.6 Å². The molecule has 3 heterocycles. The molecule has 1 saturated heterocycles. The summed E-state index contributed by atoms with van der Waals surface area (Å²) in [5.41, 5.74) is -0.129. The van der Waals surface area contributed by atoms with Gasteiger partial charge in [0.05, 0.1) is 12.8 Å². The van der Waals surface area contributed by atoms with Gasteiger partial charge in [-0.1, -0.05) is 0 Å². The van der Waals surface area contributed by atoms with Crippen LogP contribution >= 0.6 is 11.3 Å². The molecule has 1 aliphatic heterocycles. The van der Waals surface area contributed by atoms with Gasteiger partial charge in [-0.25, -0.2) is 4.79 Å². The Kier molecular flexibility index (Phi) is 4.07. The number of carbonyl (C=O) groups excluding carboxylic acids is 3. The summed E-state index contributed by atoms with van der Waals surface area (Å²) in [6.45, 7) is 0.0123. The van der Waals surface area contributed by atoms with Crippen molar-refractivity contribution in [1.82, 2.24) is 15.1 Å². The van der Waals surface area contributed by atoms with E-state index in [4.69, 9.17) is 4.42 Å². The lowest BCUT2D eigenvalue weighted by Crippen LogP contribution is -2.46. The molecule has 8 heteroatoms. The van der Waals surface area contributed by atoms with E-state index in [9.17, 15) is 14.4 Å². The first kappa shape index (κ1) is 16.8. The molecule has 0 unspecified atom stereocenters. The SMILES string of the molecule is CN(Cc1ccco1)C(=O)CN1C(=O)N[C@]2(CCCc3sccc32)C1=O. The number of rotatable bonds is 4. The predicted octanol–water partition coefficient (Wildman–Crippen LogP) is 2.08. The van der Waals surface area contributed by atoms with Crippen LogP contribution in [0.4, 0.5) is 4.79 Å². The van der Waals surface area contributed by atoms with E-state index in [1.165, 1.54) is 11.2 Å². The molecule has 0 aromatic carbocycles. The van der Waals surface area contributed by atoms with Crippen molar-refractivity contribution in [1.29, 1.82) is 0 Å². The van der Waals surface area contributed by atoms with Crippen molar-refractivity contribution >= 4 is 29.2 Å². The van der Waals surface area contributed by atoms with Gasteiger partial charge in [0.2, 0.25) is 5.91 Å². The second-order valence-electron chi connectivity index (χ2n) is 6.67. The number of hydrogen-bond donors (Lipinski definition) is 1.